The van der Waals surface area contributed by atoms with Crippen molar-refractivity contribution < 1.29 is 19.0 Å². The lowest BCUT2D eigenvalue weighted by atomic mass is 10.1. The summed E-state index contributed by atoms with van der Waals surface area (Å²) in [4.78, 5) is 16.5. The Morgan fingerprint density at radius 2 is 2.00 bits per heavy atom. The van der Waals surface area contributed by atoms with Crippen LogP contribution in [0.3, 0.4) is 0 Å². The van der Waals surface area contributed by atoms with Crippen molar-refractivity contribution in [2.45, 2.75) is 13.2 Å². The van der Waals surface area contributed by atoms with E-state index in [1.165, 1.54) is 14.2 Å². The number of cyclic esters (lactones) is 1. The maximum Gasteiger partial charge on any atom is 0.344 e. The van der Waals surface area contributed by atoms with Crippen LogP contribution in [0, 0.1) is 6.92 Å². The second-order valence-electron chi connectivity index (χ2n) is 4.86. The monoisotopic (exact) mass is 300 g/mol. The van der Waals surface area contributed by atoms with Crippen LogP contribution in [0.4, 0.5) is 5.82 Å². The van der Waals surface area contributed by atoms with Gasteiger partial charge in [-0.3, -0.25) is 0 Å². The van der Waals surface area contributed by atoms with Crippen LogP contribution in [0.1, 0.15) is 27.8 Å². The average Bonchev–Trinajstić information content (AvgIpc) is 2.82. The van der Waals surface area contributed by atoms with E-state index in [2.05, 4.69) is 10.3 Å². The molecule has 22 heavy (non-hydrogen) atoms. The van der Waals surface area contributed by atoms with Crippen LogP contribution in [0.25, 0.3) is 0 Å². The van der Waals surface area contributed by atoms with Gasteiger partial charge in [-0.1, -0.05) is 6.07 Å². The maximum absolute atomic E-state index is 12.2. The first-order valence-electron chi connectivity index (χ1n) is 6.80. The number of carbonyl (C=O) groups excluding carboxylic acids is 1. The van der Waals surface area contributed by atoms with Gasteiger partial charge in [-0.25, -0.2) is 9.78 Å². The third-order valence-electron chi connectivity index (χ3n) is 3.46. The van der Waals surface area contributed by atoms with E-state index in [9.17, 15) is 4.79 Å². The van der Waals surface area contributed by atoms with Gasteiger partial charge in [0.2, 0.25) is 6.23 Å². The summed E-state index contributed by atoms with van der Waals surface area (Å²) in [5.74, 6) is 1.07. The van der Waals surface area contributed by atoms with Crippen molar-refractivity contribution >= 4 is 11.8 Å². The molecule has 2 heterocycles. The van der Waals surface area contributed by atoms with Crippen LogP contribution in [0.5, 0.6) is 11.5 Å². The van der Waals surface area contributed by atoms with E-state index >= 15 is 0 Å². The summed E-state index contributed by atoms with van der Waals surface area (Å²) in [6, 6.07) is 9.14. The standard InChI is InChI=1S/C16H16N2O4/c1-9-5-4-6-12(17-9)18-15-10-7-8-11(20-2)14(21-3)13(10)16(19)22-15/h4-8,15H,1-3H3,(H,17,18)/t15-/m1/s1. The van der Waals surface area contributed by atoms with Crippen LogP contribution >= 0.6 is 0 Å². The molecule has 6 heteroatoms. The number of hydrogen-bond acceptors (Lipinski definition) is 6. The normalized spacial score (nSPS) is 16.0. The lowest BCUT2D eigenvalue weighted by Crippen LogP contribution is -2.11. The first-order valence-corrected chi connectivity index (χ1v) is 6.80. The molecule has 0 spiro atoms. The fourth-order valence-corrected chi connectivity index (χ4v) is 2.47. The van der Waals surface area contributed by atoms with Crippen molar-refractivity contribution in [2.24, 2.45) is 0 Å². The molecular weight excluding hydrogens is 284 g/mol. The lowest BCUT2D eigenvalue weighted by molar-refractivity contribution is 0.0434. The Bertz CT molecular complexity index is 730. The van der Waals surface area contributed by atoms with Gasteiger partial charge in [-0.05, 0) is 31.2 Å². The molecule has 114 valence electrons. The number of esters is 1. The summed E-state index contributed by atoms with van der Waals surface area (Å²) >= 11 is 0. The number of fused-ring (bicyclic) bond motifs is 1. The smallest absolute Gasteiger partial charge is 0.344 e. The highest BCUT2D eigenvalue weighted by Crippen LogP contribution is 2.41. The minimum Gasteiger partial charge on any atom is -0.493 e. The number of pyridine rings is 1. The SMILES string of the molecule is COc1ccc2c(c1OC)C(=O)O[C@H]2Nc1cccc(C)n1. The number of ether oxygens (including phenoxy) is 3. The molecule has 1 aliphatic rings. The summed E-state index contributed by atoms with van der Waals surface area (Å²) < 4.78 is 15.9. The predicted octanol–water partition coefficient (Wildman–Crippen LogP) is 2.69. The van der Waals surface area contributed by atoms with Crippen molar-refractivity contribution in [1.29, 1.82) is 0 Å². The minimum absolute atomic E-state index is 0.381. The molecule has 1 aliphatic heterocycles. The van der Waals surface area contributed by atoms with Crippen LogP contribution in [-0.4, -0.2) is 25.2 Å². The summed E-state index contributed by atoms with van der Waals surface area (Å²) in [5.41, 5.74) is 1.96. The Morgan fingerprint density at radius 3 is 2.68 bits per heavy atom. The molecule has 0 saturated carbocycles. The van der Waals surface area contributed by atoms with Crippen LogP contribution in [-0.2, 0) is 4.74 Å². The molecule has 2 aromatic rings. The largest absolute Gasteiger partial charge is 0.493 e. The number of rotatable bonds is 4. The van der Waals surface area contributed by atoms with Gasteiger partial charge in [0, 0.05) is 11.3 Å². The Morgan fingerprint density at radius 1 is 1.18 bits per heavy atom. The summed E-state index contributed by atoms with van der Waals surface area (Å²) in [7, 11) is 3.02. The van der Waals surface area contributed by atoms with Crippen LogP contribution in [0.15, 0.2) is 30.3 Å². The van der Waals surface area contributed by atoms with E-state index in [-0.39, 0.29) is 0 Å². The highest BCUT2D eigenvalue weighted by molar-refractivity contribution is 5.98. The van der Waals surface area contributed by atoms with E-state index in [4.69, 9.17) is 14.2 Å². The fraction of sp³-hybridized carbons (Fsp3) is 0.250. The molecule has 1 atom stereocenters. The highest BCUT2D eigenvalue weighted by Gasteiger charge is 2.36. The topological polar surface area (TPSA) is 69.7 Å². The van der Waals surface area contributed by atoms with Gasteiger partial charge in [0.25, 0.3) is 0 Å². The van der Waals surface area contributed by atoms with Gasteiger partial charge in [0.1, 0.15) is 11.4 Å². The molecule has 0 fully saturated rings. The molecule has 0 amide bonds. The first kappa shape index (κ1) is 14.2. The molecule has 3 rings (SSSR count). The summed E-state index contributed by atoms with van der Waals surface area (Å²) in [6.45, 7) is 1.90. The Kier molecular flexibility index (Phi) is 3.58. The zero-order valence-electron chi connectivity index (χ0n) is 12.5. The van der Waals surface area contributed by atoms with Crippen molar-refractivity contribution in [3.63, 3.8) is 0 Å². The second kappa shape index (κ2) is 5.55. The number of nitrogens with zero attached hydrogens (tertiary/aromatic N) is 1. The Labute approximate surface area is 128 Å². The molecule has 0 aliphatic carbocycles. The van der Waals surface area contributed by atoms with E-state index in [1.807, 2.05) is 25.1 Å². The molecular formula is C16H16N2O4. The molecule has 1 aromatic carbocycles. The first-order chi connectivity index (χ1) is 10.6. The summed E-state index contributed by atoms with van der Waals surface area (Å²) in [5, 5.41) is 3.11. The van der Waals surface area contributed by atoms with Gasteiger partial charge in [0.05, 0.1) is 14.2 Å². The van der Waals surface area contributed by atoms with Crippen molar-refractivity contribution in [3.8, 4) is 11.5 Å². The predicted molar refractivity (Wildman–Crippen MR) is 80.3 cm³/mol. The third kappa shape index (κ3) is 2.32. The van der Waals surface area contributed by atoms with E-state index in [1.54, 1.807) is 12.1 Å². The fourth-order valence-electron chi connectivity index (χ4n) is 2.47. The lowest BCUT2D eigenvalue weighted by Gasteiger charge is -2.14. The molecule has 6 nitrogen and oxygen atoms in total. The molecule has 0 saturated heterocycles. The van der Waals surface area contributed by atoms with Gasteiger partial charge in [-0.2, -0.15) is 0 Å². The highest BCUT2D eigenvalue weighted by atomic mass is 16.6. The number of anilines is 1. The van der Waals surface area contributed by atoms with Crippen LogP contribution in [0.2, 0.25) is 0 Å². The minimum atomic E-state index is -0.600. The van der Waals surface area contributed by atoms with E-state index < -0.39 is 12.2 Å². The number of hydrogen-bond donors (Lipinski definition) is 1. The number of benzene rings is 1. The number of methoxy groups -OCH3 is 2. The molecule has 0 radical (unpaired) electrons. The number of aromatic nitrogens is 1. The Hall–Kier alpha value is -2.76. The second-order valence-corrected chi connectivity index (χ2v) is 4.86. The van der Waals surface area contributed by atoms with Crippen molar-refractivity contribution in [1.82, 2.24) is 4.98 Å². The molecule has 0 bridgehead atoms. The molecule has 0 unspecified atom stereocenters. The van der Waals surface area contributed by atoms with Crippen LogP contribution < -0.4 is 14.8 Å². The summed E-state index contributed by atoms with van der Waals surface area (Å²) in [6.07, 6.45) is -0.600. The van der Waals surface area contributed by atoms with E-state index in [0.717, 1.165) is 5.69 Å². The Balaban J connectivity index is 1.98. The van der Waals surface area contributed by atoms with Gasteiger partial charge in [0.15, 0.2) is 11.5 Å². The van der Waals surface area contributed by atoms with Crippen molar-refractivity contribution in [3.05, 3.63) is 47.2 Å². The molecule has 1 N–H and O–H groups in total. The van der Waals surface area contributed by atoms with E-state index in [0.29, 0.717) is 28.4 Å². The zero-order valence-corrected chi connectivity index (χ0v) is 12.5. The van der Waals surface area contributed by atoms with Gasteiger partial charge in [-0.15, -0.1) is 0 Å². The number of aryl methyl sites for hydroxylation is 1. The number of nitrogens with one attached hydrogen (secondary N) is 1. The quantitative estimate of drug-likeness (QED) is 0.875. The maximum atomic E-state index is 12.2. The zero-order chi connectivity index (χ0) is 15.7. The average molecular weight is 300 g/mol. The third-order valence-corrected chi connectivity index (χ3v) is 3.46. The van der Waals surface area contributed by atoms with Gasteiger partial charge < -0.3 is 19.5 Å². The van der Waals surface area contributed by atoms with Gasteiger partial charge >= 0.3 is 5.97 Å². The number of carbonyl (C=O) groups is 1. The molecule has 1 aromatic heterocycles. The van der Waals surface area contributed by atoms with Crippen molar-refractivity contribution in [2.75, 3.05) is 19.5 Å².